The van der Waals surface area contributed by atoms with Gasteiger partial charge in [0.25, 0.3) is 0 Å². The summed E-state index contributed by atoms with van der Waals surface area (Å²) in [7, 11) is 1.82. The average molecular weight is 273 g/mol. The summed E-state index contributed by atoms with van der Waals surface area (Å²) in [5.74, 6) is 0.353. The maximum Gasteiger partial charge on any atom is 0.416 e. The van der Waals surface area contributed by atoms with Gasteiger partial charge in [-0.05, 0) is 31.0 Å². The molecule has 1 aliphatic heterocycles. The highest BCUT2D eigenvalue weighted by Gasteiger charge is 2.32. The predicted octanol–water partition coefficient (Wildman–Crippen LogP) is 3.04. The highest BCUT2D eigenvalue weighted by molar-refractivity contribution is 5.29. The van der Waals surface area contributed by atoms with Crippen molar-refractivity contribution in [3.05, 3.63) is 35.4 Å². The number of nitrogens with one attached hydrogen (secondary N) is 1. The Morgan fingerprint density at radius 1 is 1.42 bits per heavy atom. The van der Waals surface area contributed by atoms with E-state index in [-0.39, 0.29) is 11.8 Å². The molecule has 0 spiro atoms. The molecular formula is C14H18F3NO. The van der Waals surface area contributed by atoms with Crippen LogP contribution in [-0.2, 0) is 10.9 Å². The van der Waals surface area contributed by atoms with Gasteiger partial charge in [-0.15, -0.1) is 0 Å². The maximum atomic E-state index is 12.8. The van der Waals surface area contributed by atoms with Crippen LogP contribution >= 0.6 is 0 Å². The average Bonchev–Trinajstić information content (AvgIpc) is 2.88. The fourth-order valence-electron chi connectivity index (χ4n) is 2.59. The zero-order valence-electron chi connectivity index (χ0n) is 10.8. The summed E-state index contributed by atoms with van der Waals surface area (Å²) >= 11 is 0. The summed E-state index contributed by atoms with van der Waals surface area (Å²) in [6.07, 6.45) is -3.38. The van der Waals surface area contributed by atoms with Gasteiger partial charge in [0.2, 0.25) is 0 Å². The first-order chi connectivity index (χ1) is 9.02. The molecule has 1 aromatic carbocycles. The minimum Gasteiger partial charge on any atom is -0.381 e. The second kappa shape index (κ2) is 5.92. The van der Waals surface area contributed by atoms with Crippen molar-refractivity contribution >= 4 is 0 Å². The number of rotatable bonds is 4. The molecule has 1 aromatic rings. The van der Waals surface area contributed by atoms with Gasteiger partial charge >= 0.3 is 6.18 Å². The number of halogens is 3. The summed E-state index contributed by atoms with van der Waals surface area (Å²) in [5.41, 5.74) is 0.157. The van der Waals surface area contributed by atoms with Crippen molar-refractivity contribution in [3.63, 3.8) is 0 Å². The molecule has 2 nitrogen and oxygen atoms in total. The molecule has 5 heteroatoms. The van der Waals surface area contributed by atoms with E-state index in [0.29, 0.717) is 19.8 Å². The summed E-state index contributed by atoms with van der Waals surface area (Å²) in [5, 5.41) is 3.06. The lowest BCUT2D eigenvalue weighted by molar-refractivity contribution is -0.137. The number of likely N-dealkylation sites (N-methyl/N-ethyl adjacent to an activating group) is 1. The Morgan fingerprint density at radius 3 is 2.79 bits per heavy atom. The van der Waals surface area contributed by atoms with Gasteiger partial charge in [0, 0.05) is 19.1 Å². The molecule has 106 valence electrons. The second-order valence-electron chi connectivity index (χ2n) is 4.91. The number of hydrogen-bond acceptors (Lipinski definition) is 2. The summed E-state index contributed by atoms with van der Waals surface area (Å²) in [4.78, 5) is 0. The van der Waals surface area contributed by atoms with E-state index in [2.05, 4.69) is 5.32 Å². The van der Waals surface area contributed by atoms with Gasteiger partial charge in [-0.1, -0.05) is 18.2 Å². The summed E-state index contributed by atoms with van der Waals surface area (Å²) < 4.78 is 43.6. The first-order valence-electron chi connectivity index (χ1n) is 6.42. The fraction of sp³-hybridized carbons (Fsp3) is 0.571. The smallest absolute Gasteiger partial charge is 0.381 e. The molecule has 0 aliphatic carbocycles. The highest BCUT2D eigenvalue weighted by Crippen LogP contribution is 2.35. The van der Waals surface area contributed by atoms with Crippen molar-refractivity contribution in [2.24, 2.45) is 5.92 Å². The third kappa shape index (κ3) is 3.48. The monoisotopic (exact) mass is 273 g/mol. The molecule has 0 bridgehead atoms. The van der Waals surface area contributed by atoms with Crippen LogP contribution in [0.3, 0.4) is 0 Å². The predicted molar refractivity (Wildman–Crippen MR) is 67.0 cm³/mol. The van der Waals surface area contributed by atoms with E-state index in [1.165, 1.54) is 12.1 Å². The van der Waals surface area contributed by atoms with E-state index < -0.39 is 11.7 Å². The molecule has 1 aliphatic rings. The van der Waals surface area contributed by atoms with Crippen LogP contribution in [0.1, 0.15) is 23.5 Å². The van der Waals surface area contributed by atoms with Crippen LogP contribution in [0.4, 0.5) is 13.2 Å². The Bertz CT molecular complexity index is 413. The van der Waals surface area contributed by atoms with E-state index in [4.69, 9.17) is 4.74 Å². The Hall–Kier alpha value is -1.07. The lowest BCUT2D eigenvalue weighted by atomic mass is 9.84. The quantitative estimate of drug-likeness (QED) is 0.910. The van der Waals surface area contributed by atoms with Gasteiger partial charge in [0.1, 0.15) is 0 Å². The van der Waals surface area contributed by atoms with Crippen molar-refractivity contribution in [1.29, 1.82) is 0 Å². The van der Waals surface area contributed by atoms with Crippen LogP contribution < -0.4 is 5.32 Å². The first kappa shape index (κ1) is 14.3. The van der Waals surface area contributed by atoms with Crippen LogP contribution in [0.15, 0.2) is 24.3 Å². The molecule has 1 saturated heterocycles. The normalized spacial score (nSPS) is 21.6. The van der Waals surface area contributed by atoms with Crippen LogP contribution in [0.5, 0.6) is 0 Å². The van der Waals surface area contributed by atoms with E-state index in [1.807, 2.05) is 7.05 Å². The maximum absolute atomic E-state index is 12.8. The zero-order valence-corrected chi connectivity index (χ0v) is 10.8. The third-order valence-corrected chi connectivity index (χ3v) is 3.60. The largest absolute Gasteiger partial charge is 0.416 e. The van der Waals surface area contributed by atoms with Crippen LogP contribution in [-0.4, -0.2) is 26.8 Å². The molecule has 1 heterocycles. The van der Waals surface area contributed by atoms with Crippen molar-refractivity contribution in [2.45, 2.75) is 18.5 Å². The molecule has 1 N–H and O–H groups in total. The summed E-state index contributed by atoms with van der Waals surface area (Å²) in [6.45, 7) is 1.99. The molecule has 0 saturated carbocycles. The van der Waals surface area contributed by atoms with Gasteiger partial charge in [0.05, 0.1) is 12.2 Å². The van der Waals surface area contributed by atoms with E-state index in [0.717, 1.165) is 18.1 Å². The van der Waals surface area contributed by atoms with Crippen LogP contribution in [0, 0.1) is 5.92 Å². The fourth-order valence-corrected chi connectivity index (χ4v) is 2.59. The standard InChI is InChI=1S/C14H18F3NO/c1-18-8-13(11-5-6-19-9-11)10-3-2-4-12(7-10)14(15,16)17/h2-4,7,11,13,18H,5-6,8-9H2,1H3. The molecule has 0 amide bonds. The van der Waals surface area contributed by atoms with Crippen molar-refractivity contribution < 1.29 is 17.9 Å². The topological polar surface area (TPSA) is 21.3 Å². The minimum atomic E-state index is -4.29. The van der Waals surface area contributed by atoms with E-state index in [9.17, 15) is 13.2 Å². The van der Waals surface area contributed by atoms with Crippen LogP contribution in [0.25, 0.3) is 0 Å². The second-order valence-corrected chi connectivity index (χ2v) is 4.91. The minimum absolute atomic E-state index is 0.0646. The Kier molecular flexibility index (Phi) is 4.47. The molecule has 19 heavy (non-hydrogen) atoms. The van der Waals surface area contributed by atoms with Crippen LogP contribution in [0.2, 0.25) is 0 Å². The molecular weight excluding hydrogens is 255 g/mol. The number of hydrogen-bond donors (Lipinski definition) is 1. The highest BCUT2D eigenvalue weighted by atomic mass is 19.4. The number of alkyl halides is 3. The van der Waals surface area contributed by atoms with Crippen molar-refractivity contribution in [2.75, 3.05) is 26.8 Å². The van der Waals surface area contributed by atoms with Gasteiger partial charge in [-0.2, -0.15) is 13.2 Å². The van der Waals surface area contributed by atoms with E-state index in [1.54, 1.807) is 6.07 Å². The first-order valence-corrected chi connectivity index (χ1v) is 6.42. The van der Waals surface area contributed by atoms with E-state index >= 15 is 0 Å². The Balaban J connectivity index is 2.25. The molecule has 2 rings (SSSR count). The lowest BCUT2D eigenvalue weighted by Gasteiger charge is -2.23. The molecule has 1 fully saturated rings. The van der Waals surface area contributed by atoms with Gasteiger partial charge in [-0.3, -0.25) is 0 Å². The molecule has 2 unspecified atom stereocenters. The molecule has 0 aromatic heterocycles. The van der Waals surface area contributed by atoms with Gasteiger partial charge in [-0.25, -0.2) is 0 Å². The molecule has 0 radical (unpaired) electrons. The Morgan fingerprint density at radius 2 is 2.21 bits per heavy atom. The van der Waals surface area contributed by atoms with Gasteiger partial charge < -0.3 is 10.1 Å². The lowest BCUT2D eigenvalue weighted by Crippen LogP contribution is -2.25. The Labute approximate surface area is 111 Å². The van der Waals surface area contributed by atoms with Crippen molar-refractivity contribution in [3.8, 4) is 0 Å². The zero-order chi connectivity index (χ0) is 13.9. The molecule has 2 atom stereocenters. The SMILES string of the molecule is CNCC(c1cccc(C(F)(F)F)c1)C1CCOC1. The van der Waals surface area contributed by atoms with Gasteiger partial charge in [0.15, 0.2) is 0 Å². The number of benzene rings is 1. The van der Waals surface area contributed by atoms with Crippen molar-refractivity contribution in [1.82, 2.24) is 5.32 Å². The third-order valence-electron chi connectivity index (χ3n) is 3.60. The summed E-state index contributed by atoms with van der Waals surface area (Å²) in [6, 6.07) is 5.64. The number of ether oxygens (including phenoxy) is 1.